The van der Waals surface area contributed by atoms with Gasteiger partial charge in [0, 0.05) is 22.5 Å². The van der Waals surface area contributed by atoms with Gasteiger partial charge in [-0.05, 0) is 100 Å². The fourth-order valence-corrected chi connectivity index (χ4v) is 5.10. The molecule has 9 nitrogen and oxygen atoms in total. The van der Waals surface area contributed by atoms with Gasteiger partial charge in [-0.3, -0.25) is 14.9 Å². The Labute approximate surface area is 250 Å². The maximum absolute atomic E-state index is 13.5. The van der Waals surface area contributed by atoms with E-state index < -0.39 is 4.92 Å². The summed E-state index contributed by atoms with van der Waals surface area (Å²) >= 11 is 8.31. The molecule has 0 saturated carbocycles. The van der Waals surface area contributed by atoms with Gasteiger partial charge in [0.1, 0.15) is 17.9 Å². The minimum Gasteiger partial charge on any atom is -0.488 e. The van der Waals surface area contributed by atoms with Crippen molar-refractivity contribution in [2.24, 2.45) is 5.10 Å². The van der Waals surface area contributed by atoms with E-state index in [0.717, 1.165) is 20.1 Å². The number of furan rings is 1. The van der Waals surface area contributed by atoms with Crippen LogP contribution in [0, 0.1) is 13.7 Å². The topological polar surface area (TPSA) is 113 Å². The highest BCUT2D eigenvalue weighted by molar-refractivity contribution is 14.1. The third-order valence-electron chi connectivity index (χ3n) is 6.27. The van der Waals surface area contributed by atoms with Crippen LogP contribution in [-0.2, 0) is 6.61 Å². The van der Waals surface area contributed by atoms with Gasteiger partial charge >= 0.3 is 0 Å². The van der Waals surface area contributed by atoms with Gasteiger partial charge in [0.2, 0.25) is 5.82 Å². The van der Waals surface area contributed by atoms with Crippen LogP contribution < -0.4 is 10.3 Å². The Kier molecular flexibility index (Phi) is 7.25. The predicted molar refractivity (Wildman–Crippen MR) is 166 cm³/mol. The minimum atomic E-state index is -0.439. The molecule has 0 fully saturated rings. The van der Waals surface area contributed by atoms with Crippen LogP contribution in [0.25, 0.3) is 33.5 Å². The van der Waals surface area contributed by atoms with E-state index in [1.807, 2.05) is 18.2 Å². The normalized spacial score (nSPS) is 11.5. The second-order valence-electron chi connectivity index (χ2n) is 9.01. The molecule has 0 aliphatic heterocycles. The van der Waals surface area contributed by atoms with Gasteiger partial charge < -0.3 is 9.15 Å². The van der Waals surface area contributed by atoms with Crippen molar-refractivity contribution in [3.8, 4) is 17.3 Å². The molecule has 202 valence electrons. The van der Waals surface area contributed by atoms with Crippen LogP contribution in [-0.4, -0.2) is 20.8 Å². The van der Waals surface area contributed by atoms with E-state index in [1.165, 1.54) is 16.8 Å². The van der Waals surface area contributed by atoms with Crippen molar-refractivity contribution in [2.45, 2.75) is 6.61 Å². The minimum absolute atomic E-state index is 0.0283. The zero-order chi connectivity index (χ0) is 28.5. The van der Waals surface area contributed by atoms with Crippen LogP contribution >= 0.6 is 34.2 Å². The van der Waals surface area contributed by atoms with Crippen molar-refractivity contribution < 1.29 is 14.1 Å². The van der Waals surface area contributed by atoms with Gasteiger partial charge in [0.25, 0.3) is 11.2 Å². The third kappa shape index (κ3) is 5.56. The van der Waals surface area contributed by atoms with Gasteiger partial charge in [-0.2, -0.15) is 9.78 Å². The lowest BCUT2D eigenvalue weighted by Gasteiger charge is -2.09. The number of rotatable bonds is 7. The highest BCUT2D eigenvalue weighted by Crippen LogP contribution is 2.29. The smallest absolute Gasteiger partial charge is 0.282 e. The van der Waals surface area contributed by atoms with E-state index in [0.29, 0.717) is 33.0 Å². The van der Waals surface area contributed by atoms with E-state index in [1.54, 1.807) is 66.9 Å². The molecule has 0 amide bonds. The number of hydrogen-bond donors (Lipinski definition) is 0. The number of nitrogens with zero attached hydrogens (tertiary/aromatic N) is 4. The number of benzene rings is 4. The molecule has 41 heavy (non-hydrogen) atoms. The first kappa shape index (κ1) is 26.7. The fraction of sp³-hybridized carbons (Fsp3) is 0.0333. The van der Waals surface area contributed by atoms with Gasteiger partial charge in [-0.25, -0.2) is 4.98 Å². The molecular formula is C30H18ClIN4O5. The number of ether oxygens (including phenoxy) is 1. The Morgan fingerprint density at radius 2 is 1.85 bits per heavy atom. The summed E-state index contributed by atoms with van der Waals surface area (Å²) in [5, 5.41) is 17.1. The summed E-state index contributed by atoms with van der Waals surface area (Å²) in [7, 11) is 0. The first-order valence-corrected chi connectivity index (χ1v) is 13.7. The zero-order valence-electron chi connectivity index (χ0n) is 21.0. The molecule has 0 saturated heterocycles. The molecule has 0 spiro atoms. The van der Waals surface area contributed by atoms with Crippen LogP contribution in [0.5, 0.6) is 5.75 Å². The predicted octanol–water partition coefficient (Wildman–Crippen LogP) is 7.44. The molecule has 0 N–H and O–H groups in total. The SMILES string of the molecule is O=c1c2ccccc2nc(-c2cc3cc(Cl)ccc3o2)n1N=Cc1ccc(OCc2ccc([N+](=O)[O-])cc2)c(I)c1. The average molecular weight is 677 g/mol. The van der Waals surface area contributed by atoms with E-state index in [-0.39, 0.29) is 23.7 Å². The summed E-state index contributed by atoms with van der Waals surface area (Å²) in [6.45, 7) is 0.256. The monoisotopic (exact) mass is 676 g/mol. The van der Waals surface area contributed by atoms with Gasteiger partial charge in [0.15, 0.2) is 5.76 Å². The summed E-state index contributed by atoms with van der Waals surface area (Å²) in [6.07, 6.45) is 1.57. The Morgan fingerprint density at radius 3 is 2.63 bits per heavy atom. The molecule has 4 aromatic carbocycles. The first-order chi connectivity index (χ1) is 19.9. The molecular weight excluding hydrogens is 659 g/mol. The number of nitro benzene ring substituents is 1. The molecule has 6 aromatic rings. The maximum Gasteiger partial charge on any atom is 0.282 e. The number of fused-ring (bicyclic) bond motifs is 2. The zero-order valence-corrected chi connectivity index (χ0v) is 23.9. The molecule has 2 aromatic heterocycles. The summed E-state index contributed by atoms with van der Waals surface area (Å²) in [4.78, 5) is 28.6. The Morgan fingerprint density at radius 1 is 1.05 bits per heavy atom. The number of aromatic nitrogens is 2. The van der Waals surface area contributed by atoms with E-state index in [2.05, 4.69) is 27.7 Å². The lowest BCUT2D eigenvalue weighted by molar-refractivity contribution is -0.384. The van der Waals surface area contributed by atoms with Crippen molar-refractivity contribution in [1.29, 1.82) is 0 Å². The molecule has 0 radical (unpaired) electrons. The van der Waals surface area contributed by atoms with Crippen molar-refractivity contribution in [3.63, 3.8) is 0 Å². The quantitative estimate of drug-likeness (QED) is 0.0752. The van der Waals surface area contributed by atoms with Gasteiger partial charge in [-0.1, -0.05) is 23.7 Å². The molecule has 6 rings (SSSR count). The first-order valence-electron chi connectivity index (χ1n) is 12.3. The average Bonchev–Trinajstić information content (AvgIpc) is 3.39. The number of para-hydroxylation sites is 1. The van der Waals surface area contributed by atoms with Gasteiger partial charge in [-0.15, -0.1) is 0 Å². The Bertz CT molecular complexity index is 2040. The maximum atomic E-state index is 13.5. The van der Waals surface area contributed by atoms with Crippen molar-refractivity contribution in [3.05, 3.63) is 131 Å². The standard InChI is InChI=1S/C30H18ClIN4O5/c31-21-8-12-26-20(14-21)15-28(41-26)29-34-25-4-2-1-3-23(25)30(37)35(29)33-16-19-7-11-27(24(32)13-19)40-17-18-5-9-22(10-6-18)36(38)39/h1-16H,17H2. The van der Waals surface area contributed by atoms with Gasteiger partial charge in [0.05, 0.1) is 25.6 Å². The molecule has 2 heterocycles. The molecule has 0 unspecified atom stereocenters. The number of hydrogen-bond acceptors (Lipinski definition) is 7. The highest BCUT2D eigenvalue weighted by atomic mass is 127. The van der Waals surface area contributed by atoms with E-state index in [9.17, 15) is 14.9 Å². The highest BCUT2D eigenvalue weighted by Gasteiger charge is 2.17. The van der Waals surface area contributed by atoms with E-state index in [4.69, 9.17) is 25.7 Å². The van der Waals surface area contributed by atoms with Crippen LogP contribution in [0.3, 0.4) is 0 Å². The molecule has 11 heteroatoms. The lowest BCUT2D eigenvalue weighted by atomic mass is 10.2. The summed E-state index contributed by atoms with van der Waals surface area (Å²) in [5.74, 6) is 1.29. The molecule has 0 atom stereocenters. The summed E-state index contributed by atoms with van der Waals surface area (Å²) < 4.78 is 14.0. The number of nitro groups is 1. The number of halogens is 2. The van der Waals surface area contributed by atoms with Crippen molar-refractivity contribution in [2.75, 3.05) is 0 Å². The van der Waals surface area contributed by atoms with Crippen LogP contribution in [0.2, 0.25) is 5.02 Å². The molecule has 0 aliphatic carbocycles. The second kappa shape index (κ2) is 11.1. The summed E-state index contributed by atoms with van der Waals surface area (Å²) in [5.41, 5.74) is 2.38. The Balaban J connectivity index is 1.31. The molecule has 0 bridgehead atoms. The van der Waals surface area contributed by atoms with Crippen LogP contribution in [0.1, 0.15) is 11.1 Å². The largest absolute Gasteiger partial charge is 0.488 e. The lowest BCUT2D eigenvalue weighted by Crippen LogP contribution is -2.20. The fourth-order valence-electron chi connectivity index (χ4n) is 4.23. The van der Waals surface area contributed by atoms with Crippen molar-refractivity contribution >= 4 is 68.0 Å². The number of non-ortho nitro benzene ring substituents is 1. The van der Waals surface area contributed by atoms with Crippen LogP contribution in [0.4, 0.5) is 5.69 Å². The van der Waals surface area contributed by atoms with Crippen molar-refractivity contribution in [1.82, 2.24) is 9.66 Å². The second-order valence-corrected chi connectivity index (χ2v) is 10.6. The Hall–Kier alpha value is -4.55. The molecule has 0 aliphatic rings. The summed E-state index contributed by atoms with van der Waals surface area (Å²) in [6, 6.07) is 25.8. The van der Waals surface area contributed by atoms with Crippen LogP contribution in [0.15, 0.2) is 105 Å². The van der Waals surface area contributed by atoms with E-state index >= 15 is 0 Å². The third-order valence-corrected chi connectivity index (χ3v) is 7.35.